The van der Waals surface area contributed by atoms with E-state index < -0.39 is 0 Å². The maximum atomic E-state index is 10.8. The standard InChI is InChI=1S/C14H15N3O2S/c1-8-13(10-3-2-4-11(7-10)17(18)19)16-14(20-8)12(15)9-5-6-9/h2-4,7,9,12H,5-6,15H2,1H3. The van der Waals surface area contributed by atoms with Crippen LogP contribution in [-0.2, 0) is 0 Å². The number of benzene rings is 1. The number of non-ortho nitro benzene ring substituents is 1. The van der Waals surface area contributed by atoms with E-state index in [0.29, 0.717) is 5.92 Å². The van der Waals surface area contributed by atoms with E-state index in [9.17, 15) is 10.1 Å². The van der Waals surface area contributed by atoms with Crippen molar-refractivity contribution in [3.63, 3.8) is 0 Å². The Kier molecular flexibility index (Phi) is 3.27. The van der Waals surface area contributed by atoms with Gasteiger partial charge < -0.3 is 5.73 Å². The summed E-state index contributed by atoms with van der Waals surface area (Å²) >= 11 is 1.59. The van der Waals surface area contributed by atoms with Crippen molar-refractivity contribution < 1.29 is 4.92 Å². The number of nitro groups is 1. The van der Waals surface area contributed by atoms with E-state index in [1.54, 1.807) is 23.5 Å². The largest absolute Gasteiger partial charge is 0.322 e. The summed E-state index contributed by atoms with van der Waals surface area (Å²) in [7, 11) is 0. The molecule has 0 saturated heterocycles. The molecule has 1 atom stereocenters. The highest BCUT2D eigenvalue weighted by Crippen LogP contribution is 2.42. The summed E-state index contributed by atoms with van der Waals surface area (Å²) in [5.74, 6) is 0.554. The quantitative estimate of drug-likeness (QED) is 0.690. The van der Waals surface area contributed by atoms with Gasteiger partial charge in [0.2, 0.25) is 0 Å². The molecule has 6 heteroatoms. The summed E-state index contributed by atoms with van der Waals surface area (Å²) in [6.45, 7) is 1.98. The molecule has 1 aromatic heterocycles. The summed E-state index contributed by atoms with van der Waals surface area (Å²) in [6.07, 6.45) is 2.35. The topological polar surface area (TPSA) is 82.0 Å². The van der Waals surface area contributed by atoms with Gasteiger partial charge in [0, 0.05) is 22.6 Å². The molecule has 1 aliphatic rings. The number of nitro benzene ring substituents is 1. The van der Waals surface area contributed by atoms with E-state index in [1.807, 2.05) is 13.0 Å². The highest BCUT2D eigenvalue weighted by atomic mass is 32.1. The van der Waals surface area contributed by atoms with E-state index in [2.05, 4.69) is 4.98 Å². The molecule has 0 amide bonds. The lowest BCUT2D eigenvalue weighted by atomic mass is 10.1. The zero-order chi connectivity index (χ0) is 14.3. The lowest BCUT2D eigenvalue weighted by molar-refractivity contribution is -0.384. The first-order valence-electron chi connectivity index (χ1n) is 6.54. The van der Waals surface area contributed by atoms with Crippen LogP contribution in [0.1, 0.15) is 28.8 Å². The van der Waals surface area contributed by atoms with Gasteiger partial charge in [0.1, 0.15) is 5.01 Å². The third kappa shape index (κ3) is 2.44. The number of thiazole rings is 1. The van der Waals surface area contributed by atoms with E-state index in [-0.39, 0.29) is 16.7 Å². The van der Waals surface area contributed by atoms with Gasteiger partial charge in [0.05, 0.1) is 16.7 Å². The van der Waals surface area contributed by atoms with Gasteiger partial charge in [-0.2, -0.15) is 0 Å². The average Bonchev–Trinajstić information content (AvgIpc) is 3.21. The zero-order valence-electron chi connectivity index (χ0n) is 11.1. The predicted octanol–water partition coefficient (Wildman–Crippen LogP) is 3.44. The van der Waals surface area contributed by atoms with Crippen molar-refractivity contribution in [2.24, 2.45) is 11.7 Å². The fourth-order valence-corrected chi connectivity index (χ4v) is 3.29. The molecular formula is C14H15N3O2S. The molecule has 1 heterocycles. The Balaban J connectivity index is 1.97. The Morgan fingerprint density at radius 3 is 2.90 bits per heavy atom. The molecule has 0 spiro atoms. The van der Waals surface area contributed by atoms with Gasteiger partial charge in [-0.1, -0.05) is 12.1 Å². The van der Waals surface area contributed by atoms with Crippen LogP contribution in [0.5, 0.6) is 0 Å². The molecule has 5 nitrogen and oxygen atoms in total. The second-order valence-corrected chi connectivity index (χ2v) is 6.36. The highest BCUT2D eigenvalue weighted by molar-refractivity contribution is 7.12. The van der Waals surface area contributed by atoms with Crippen molar-refractivity contribution in [2.45, 2.75) is 25.8 Å². The van der Waals surface area contributed by atoms with Gasteiger partial charge in [-0.05, 0) is 25.7 Å². The minimum absolute atomic E-state index is 0.00569. The van der Waals surface area contributed by atoms with Crippen molar-refractivity contribution in [3.8, 4) is 11.3 Å². The number of aromatic nitrogens is 1. The summed E-state index contributed by atoms with van der Waals surface area (Å²) in [5.41, 5.74) is 7.85. The molecule has 20 heavy (non-hydrogen) atoms. The molecule has 1 aromatic carbocycles. The lowest BCUT2D eigenvalue weighted by Gasteiger charge is -2.04. The Morgan fingerprint density at radius 2 is 2.25 bits per heavy atom. The number of nitrogens with zero attached hydrogens (tertiary/aromatic N) is 2. The molecule has 0 radical (unpaired) electrons. The lowest BCUT2D eigenvalue weighted by Crippen LogP contribution is -2.11. The summed E-state index contributed by atoms with van der Waals surface area (Å²) in [5, 5.41) is 11.8. The second-order valence-electron chi connectivity index (χ2n) is 5.13. The van der Waals surface area contributed by atoms with Gasteiger partial charge in [-0.25, -0.2) is 4.98 Å². The average molecular weight is 289 g/mol. The summed E-state index contributed by atoms with van der Waals surface area (Å²) in [4.78, 5) is 16.1. The van der Waals surface area contributed by atoms with Crippen molar-refractivity contribution in [2.75, 3.05) is 0 Å². The summed E-state index contributed by atoms with van der Waals surface area (Å²) in [6, 6.07) is 6.59. The predicted molar refractivity (Wildman–Crippen MR) is 78.6 cm³/mol. The van der Waals surface area contributed by atoms with Crippen LogP contribution < -0.4 is 5.73 Å². The number of hydrogen-bond donors (Lipinski definition) is 1. The van der Waals surface area contributed by atoms with Gasteiger partial charge in [0.15, 0.2) is 0 Å². The maximum absolute atomic E-state index is 10.8. The van der Waals surface area contributed by atoms with Crippen LogP contribution in [0.4, 0.5) is 5.69 Å². The van der Waals surface area contributed by atoms with Crippen LogP contribution in [0.25, 0.3) is 11.3 Å². The first kappa shape index (κ1) is 13.2. The molecule has 104 valence electrons. The van der Waals surface area contributed by atoms with Crippen LogP contribution in [0.2, 0.25) is 0 Å². The molecule has 2 aromatic rings. The first-order valence-corrected chi connectivity index (χ1v) is 7.35. The van der Waals surface area contributed by atoms with Gasteiger partial charge in [-0.3, -0.25) is 10.1 Å². The number of hydrogen-bond acceptors (Lipinski definition) is 5. The van der Waals surface area contributed by atoms with Crippen LogP contribution in [0, 0.1) is 23.0 Å². The number of aryl methyl sites for hydroxylation is 1. The van der Waals surface area contributed by atoms with Crippen LogP contribution >= 0.6 is 11.3 Å². The Bertz CT molecular complexity index is 664. The van der Waals surface area contributed by atoms with Crippen molar-refractivity contribution >= 4 is 17.0 Å². The molecule has 2 N–H and O–H groups in total. The van der Waals surface area contributed by atoms with Crippen molar-refractivity contribution in [1.82, 2.24) is 4.98 Å². The molecular weight excluding hydrogens is 274 g/mol. The van der Waals surface area contributed by atoms with E-state index >= 15 is 0 Å². The molecule has 1 fully saturated rings. The molecule has 1 aliphatic carbocycles. The Morgan fingerprint density at radius 1 is 1.50 bits per heavy atom. The van der Waals surface area contributed by atoms with E-state index in [4.69, 9.17) is 5.73 Å². The number of rotatable bonds is 4. The first-order chi connectivity index (χ1) is 9.56. The smallest absolute Gasteiger partial charge is 0.270 e. The fraction of sp³-hybridized carbons (Fsp3) is 0.357. The molecule has 1 saturated carbocycles. The minimum atomic E-state index is -0.387. The second kappa shape index (κ2) is 4.96. The SMILES string of the molecule is Cc1sc(C(N)C2CC2)nc1-c1cccc([N+](=O)[O-])c1. The summed E-state index contributed by atoms with van der Waals surface area (Å²) < 4.78 is 0. The van der Waals surface area contributed by atoms with Gasteiger partial charge in [-0.15, -0.1) is 11.3 Å². The zero-order valence-corrected chi connectivity index (χ0v) is 11.9. The molecule has 0 bridgehead atoms. The molecule has 0 aliphatic heterocycles. The van der Waals surface area contributed by atoms with Crippen molar-refractivity contribution in [1.29, 1.82) is 0 Å². The molecule has 1 unspecified atom stereocenters. The third-order valence-corrected chi connectivity index (χ3v) is 4.63. The van der Waals surface area contributed by atoms with E-state index in [1.165, 1.54) is 18.9 Å². The Labute approximate surface area is 120 Å². The highest BCUT2D eigenvalue weighted by Gasteiger charge is 2.32. The monoisotopic (exact) mass is 289 g/mol. The van der Waals surface area contributed by atoms with Gasteiger partial charge in [0.25, 0.3) is 5.69 Å². The number of nitrogens with two attached hydrogens (primary N) is 1. The molecule has 3 rings (SSSR count). The normalized spacial score (nSPS) is 16.1. The van der Waals surface area contributed by atoms with Crippen LogP contribution in [0.15, 0.2) is 24.3 Å². The fourth-order valence-electron chi connectivity index (χ4n) is 2.25. The third-order valence-electron chi connectivity index (χ3n) is 3.56. The van der Waals surface area contributed by atoms with Crippen LogP contribution in [-0.4, -0.2) is 9.91 Å². The van der Waals surface area contributed by atoms with Gasteiger partial charge >= 0.3 is 0 Å². The minimum Gasteiger partial charge on any atom is -0.322 e. The maximum Gasteiger partial charge on any atom is 0.270 e. The van der Waals surface area contributed by atoms with E-state index in [0.717, 1.165) is 21.1 Å². The van der Waals surface area contributed by atoms with Crippen LogP contribution in [0.3, 0.4) is 0 Å². The van der Waals surface area contributed by atoms with Crippen molar-refractivity contribution in [3.05, 3.63) is 44.3 Å². The Hall–Kier alpha value is -1.79.